The zero-order valence-corrected chi connectivity index (χ0v) is 15.0. The van der Waals surface area contributed by atoms with Gasteiger partial charge in [0, 0.05) is 17.7 Å². The summed E-state index contributed by atoms with van der Waals surface area (Å²) < 4.78 is 7.67. The summed E-state index contributed by atoms with van der Waals surface area (Å²) in [7, 11) is 0. The van der Waals surface area contributed by atoms with Crippen molar-refractivity contribution < 1.29 is 19.2 Å². The normalized spacial score (nSPS) is 16.7. The summed E-state index contributed by atoms with van der Waals surface area (Å²) in [5.41, 5.74) is 0.716. The van der Waals surface area contributed by atoms with Gasteiger partial charge in [0.1, 0.15) is 29.2 Å². The minimum atomic E-state index is -0.916. The highest BCUT2D eigenvalue weighted by molar-refractivity contribution is 5.73. The molecule has 4 rings (SSSR count). The molecule has 0 amide bonds. The highest BCUT2D eigenvalue weighted by Crippen LogP contribution is 2.27. The number of hydrogen-bond acceptors (Lipinski definition) is 7. The average molecular weight is 383 g/mol. The van der Waals surface area contributed by atoms with Crippen LogP contribution in [0.1, 0.15) is 17.4 Å². The first-order valence-electron chi connectivity index (χ1n) is 8.61. The molecule has 2 aromatic heterocycles. The Balaban J connectivity index is 1.54. The minimum Gasteiger partial charge on any atom is -0.480 e. The molecule has 10 heteroatoms. The van der Waals surface area contributed by atoms with Gasteiger partial charge in [-0.3, -0.25) is 19.8 Å². The third-order valence-corrected chi connectivity index (χ3v) is 4.82. The van der Waals surface area contributed by atoms with E-state index in [0.717, 1.165) is 5.82 Å². The van der Waals surface area contributed by atoms with Crippen molar-refractivity contribution in [3.05, 3.63) is 63.9 Å². The van der Waals surface area contributed by atoms with E-state index < -0.39 is 16.9 Å². The smallest absolute Gasteiger partial charge is 0.322 e. The van der Waals surface area contributed by atoms with Gasteiger partial charge in [-0.25, -0.2) is 0 Å². The van der Waals surface area contributed by atoms with E-state index in [-0.39, 0.29) is 12.2 Å². The van der Waals surface area contributed by atoms with Crippen LogP contribution in [-0.2, 0) is 24.4 Å². The lowest BCUT2D eigenvalue weighted by atomic mass is 10.1. The first-order valence-corrected chi connectivity index (χ1v) is 8.61. The summed E-state index contributed by atoms with van der Waals surface area (Å²) in [5.74, 6) is 1.66. The molecule has 3 aromatic rings. The van der Waals surface area contributed by atoms with Crippen LogP contribution in [0.15, 0.2) is 40.8 Å². The first-order chi connectivity index (χ1) is 13.4. The van der Waals surface area contributed by atoms with Crippen molar-refractivity contribution in [1.82, 2.24) is 19.7 Å². The summed E-state index contributed by atoms with van der Waals surface area (Å²) in [4.78, 5) is 23.8. The molecule has 0 saturated heterocycles. The second kappa shape index (κ2) is 6.89. The summed E-state index contributed by atoms with van der Waals surface area (Å²) in [6.07, 6.45) is 0. The summed E-state index contributed by atoms with van der Waals surface area (Å²) in [5, 5.41) is 28.5. The van der Waals surface area contributed by atoms with Crippen molar-refractivity contribution in [3.8, 4) is 11.3 Å². The second-order valence-corrected chi connectivity index (χ2v) is 6.60. The molecule has 10 nitrogen and oxygen atoms in total. The fraction of sp³-hybridized carbons (Fsp3) is 0.278. The largest absolute Gasteiger partial charge is 0.480 e. The van der Waals surface area contributed by atoms with Gasteiger partial charge in [0.25, 0.3) is 5.69 Å². The number of aliphatic carboxylic acids is 1. The monoisotopic (exact) mass is 383 g/mol. The molecule has 28 heavy (non-hydrogen) atoms. The molecule has 0 radical (unpaired) electrons. The number of aromatic nitrogens is 3. The summed E-state index contributed by atoms with van der Waals surface area (Å²) in [6.45, 7) is 2.73. The van der Waals surface area contributed by atoms with Gasteiger partial charge >= 0.3 is 5.97 Å². The van der Waals surface area contributed by atoms with Crippen molar-refractivity contribution in [2.45, 2.75) is 32.6 Å². The molecular weight excluding hydrogens is 366 g/mol. The number of hydrogen-bond donors (Lipinski definition) is 1. The van der Waals surface area contributed by atoms with Gasteiger partial charge in [0.05, 0.1) is 24.6 Å². The zero-order valence-electron chi connectivity index (χ0n) is 15.0. The quantitative estimate of drug-likeness (QED) is 0.525. The molecule has 0 aliphatic carbocycles. The SMILES string of the molecule is Cc1nnc2n1CC(C(=O)O)N(Cc1ccc(-c3ccc([N+](=O)[O-])cc3)o1)C2. The molecule has 1 aliphatic heterocycles. The Kier molecular flexibility index (Phi) is 4.40. The average Bonchev–Trinajstić information content (AvgIpc) is 3.28. The lowest BCUT2D eigenvalue weighted by Gasteiger charge is -2.32. The number of rotatable bonds is 5. The maximum absolute atomic E-state index is 11.7. The third kappa shape index (κ3) is 3.25. The van der Waals surface area contributed by atoms with Crippen molar-refractivity contribution in [3.63, 3.8) is 0 Å². The van der Waals surface area contributed by atoms with Crippen molar-refractivity contribution in [2.75, 3.05) is 0 Å². The predicted molar refractivity (Wildman–Crippen MR) is 96.2 cm³/mol. The molecule has 3 heterocycles. The minimum absolute atomic E-state index is 0.00699. The van der Waals surface area contributed by atoms with E-state index in [1.54, 1.807) is 36.1 Å². The number of furan rings is 1. The molecule has 1 atom stereocenters. The number of carboxylic acid groups (broad SMARTS) is 1. The number of nitrogens with zero attached hydrogens (tertiary/aromatic N) is 5. The van der Waals surface area contributed by atoms with Crippen molar-refractivity contribution >= 4 is 11.7 Å². The van der Waals surface area contributed by atoms with Gasteiger partial charge in [0.15, 0.2) is 0 Å². The molecule has 1 N–H and O–H groups in total. The highest BCUT2D eigenvalue weighted by atomic mass is 16.6. The molecule has 0 saturated carbocycles. The Bertz CT molecular complexity index is 1040. The van der Waals surface area contributed by atoms with Crippen LogP contribution in [0.2, 0.25) is 0 Å². The van der Waals surface area contributed by atoms with E-state index in [1.165, 1.54) is 12.1 Å². The molecule has 0 fully saturated rings. The molecule has 144 valence electrons. The van der Waals surface area contributed by atoms with E-state index >= 15 is 0 Å². The molecule has 1 aliphatic rings. The standard InChI is InChI=1S/C18H17N5O5/c1-11-19-20-17-10-21(15(18(24)25)9-22(11)17)8-14-6-7-16(28-14)12-2-4-13(5-3-12)23(26)27/h2-7,15H,8-10H2,1H3,(H,24,25). The number of aryl methyl sites for hydroxylation is 1. The Labute approximate surface area is 159 Å². The van der Waals surface area contributed by atoms with E-state index in [4.69, 9.17) is 4.42 Å². The Morgan fingerprint density at radius 1 is 1.29 bits per heavy atom. The first kappa shape index (κ1) is 17.9. The number of fused-ring (bicyclic) bond motifs is 1. The maximum Gasteiger partial charge on any atom is 0.322 e. The van der Waals surface area contributed by atoms with Crippen LogP contribution in [0.5, 0.6) is 0 Å². The number of carboxylic acids is 1. The third-order valence-electron chi connectivity index (χ3n) is 4.82. The van der Waals surface area contributed by atoms with Crippen LogP contribution in [0.3, 0.4) is 0 Å². The lowest BCUT2D eigenvalue weighted by molar-refractivity contribution is -0.384. The van der Waals surface area contributed by atoms with Gasteiger partial charge in [0.2, 0.25) is 0 Å². The van der Waals surface area contributed by atoms with Crippen molar-refractivity contribution in [2.24, 2.45) is 0 Å². The predicted octanol–water partition coefficient (Wildman–Crippen LogP) is 2.22. The second-order valence-electron chi connectivity index (χ2n) is 6.60. The van der Waals surface area contributed by atoms with Gasteiger partial charge in [-0.1, -0.05) is 0 Å². The number of nitro groups is 1. The van der Waals surface area contributed by atoms with Gasteiger partial charge in [-0.05, 0) is 31.2 Å². The number of carbonyl (C=O) groups is 1. The molecule has 0 bridgehead atoms. The Morgan fingerprint density at radius 3 is 2.71 bits per heavy atom. The molecule has 1 aromatic carbocycles. The fourth-order valence-corrected chi connectivity index (χ4v) is 3.33. The summed E-state index contributed by atoms with van der Waals surface area (Å²) in [6, 6.07) is 8.90. The topological polar surface area (TPSA) is 128 Å². The van der Waals surface area contributed by atoms with E-state index in [9.17, 15) is 20.0 Å². The van der Waals surface area contributed by atoms with Crippen LogP contribution in [0.25, 0.3) is 11.3 Å². The van der Waals surface area contributed by atoms with E-state index in [0.29, 0.717) is 36.0 Å². The van der Waals surface area contributed by atoms with Crippen LogP contribution >= 0.6 is 0 Å². The molecule has 1 unspecified atom stereocenters. The van der Waals surface area contributed by atoms with Crippen LogP contribution in [0, 0.1) is 17.0 Å². The summed E-state index contributed by atoms with van der Waals surface area (Å²) >= 11 is 0. The Morgan fingerprint density at radius 2 is 2.04 bits per heavy atom. The number of non-ortho nitro benzene ring substituents is 1. The van der Waals surface area contributed by atoms with Crippen LogP contribution in [0.4, 0.5) is 5.69 Å². The van der Waals surface area contributed by atoms with E-state index in [2.05, 4.69) is 10.2 Å². The maximum atomic E-state index is 11.7. The van der Waals surface area contributed by atoms with Gasteiger partial charge in [-0.2, -0.15) is 0 Å². The molecule has 0 spiro atoms. The zero-order chi connectivity index (χ0) is 19.8. The number of benzene rings is 1. The highest BCUT2D eigenvalue weighted by Gasteiger charge is 2.33. The van der Waals surface area contributed by atoms with Gasteiger partial charge in [-0.15, -0.1) is 10.2 Å². The van der Waals surface area contributed by atoms with Gasteiger partial charge < -0.3 is 14.1 Å². The Hall–Kier alpha value is -3.53. The fourth-order valence-electron chi connectivity index (χ4n) is 3.33. The lowest BCUT2D eigenvalue weighted by Crippen LogP contribution is -2.47. The van der Waals surface area contributed by atoms with Crippen LogP contribution in [-0.4, -0.2) is 41.7 Å². The van der Waals surface area contributed by atoms with E-state index in [1.807, 2.05) is 4.57 Å². The number of nitro benzene ring substituents is 1. The van der Waals surface area contributed by atoms with Crippen LogP contribution < -0.4 is 0 Å². The van der Waals surface area contributed by atoms with Crippen molar-refractivity contribution in [1.29, 1.82) is 0 Å². The molecular formula is C18H17N5O5.